The van der Waals surface area contributed by atoms with Crippen molar-refractivity contribution in [3.63, 3.8) is 0 Å². The van der Waals surface area contributed by atoms with Gasteiger partial charge in [0.15, 0.2) is 0 Å². The molecule has 25 heavy (non-hydrogen) atoms. The number of nitrogens with one attached hydrogen (secondary N) is 1. The van der Waals surface area contributed by atoms with E-state index in [2.05, 4.69) is 5.32 Å². The van der Waals surface area contributed by atoms with Crippen molar-refractivity contribution in [2.75, 3.05) is 7.11 Å². The summed E-state index contributed by atoms with van der Waals surface area (Å²) in [5, 5.41) is 2.82. The lowest BCUT2D eigenvalue weighted by atomic mass is 9.97. The van der Waals surface area contributed by atoms with Crippen molar-refractivity contribution in [1.82, 2.24) is 5.32 Å². The lowest BCUT2D eigenvalue weighted by Gasteiger charge is -2.17. The first-order chi connectivity index (χ1) is 12.2. The van der Waals surface area contributed by atoms with Crippen LogP contribution < -0.4 is 5.32 Å². The fourth-order valence-corrected chi connectivity index (χ4v) is 2.79. The molecule has 0 aliphatic heterocycles. The highest BCUT2D eigenvalue weighted by Gasteiger charge is 2.21. The van der Waals surface area contributed by atoms with Crippen LogP contribution in [-0.2, 0) is 20.7 Å². The highest BCUT2D eigenvalue weighted by Crippen LogP contribution is 2.23. The summed E-state index contributed by atoms with van der Waals surface area (Å²) in [6, 6.07) is 17.2. The zero-order chi connectivity index (χ0) is 18.1. The van der Waals surface area contributed by atoms with Crippen LogP contribution in [0.1, 0.15) is 31.7 Å². The number of carbonyl (C=O) groups excluding carboxylic acids is 2. The summed E-state index contributed by atoms with van der Waals surface area (Å²) in [4.78, 5) is 24.3. The summed E-state index contributed by atoms with van der Waals surface area (Å²) >= 11 is 0. The van der Waals surface area contributed by atoms with Crippen LogP contribution in [0.4, 0.5) is 0 Å². The Morgan fingerprint density at radius 3 is 2.40 bits per heavy atom. The first-order valence-electron chi connectivity index (χ1n) is 8.66. The van der Waals surface area contributed by atoms with Crippen molar-refractivity contribution in [3.05, 3.63) is 60.2 Å². The van der Waals surface area contributed by atoms with Gasteiger partial charge in [-0.15, -0.1) is 0 Å². The highest BCUT2D eigenvalue weighted by atomic mass is 16.5. The summed E-state index contributed by atoms with van der Waals surface area (Å²) in [5.74, 6) is -0.562. The summed E-state index contributed by atoms with van der Waals surface area (Å²) in [7, 11) is 1.35. The quantitative estimate of drug-likeness (QED) is 0.745. The molecule has 0 fully saturated rings. The first-order valence-corrected chi connectivity index (χ1v) is 8.66. The minimum atomic E-state index is -0.582. The summed E-state index contributed by atoms with van der Waals surface area (Å²) < 4.78 is 4.80. The van der Waals surface area contributed by atoms with E-state index in [1.165, 1.54) is 7.11 Å². The molecular formula is C21H25NO3. The Kier molecular flexibility index (Phi) is 7.20. The Morgan fingerprint density at radius 1 is 1.04 bits per heavy atom. The van der Waals surface area contributed by atoms with Crippen molar-refractivity contribution in [2.45, 2.75) is 38.6 Å². The number of rotatable bonds is 8. The van der Waals surface area contributed by atoms with Gasteiger partial charge >= 0.3 is 5.97 Å². The second-order valence-electron chi connectivity index (χ2n) is 5.99. The molecule has 1 amide bonds. The molecule has 2 rings (SSSR count). The van der Waals surface area contributed by atoms with Gasteiger partial charge in [0.2, 0.25) is 5.91 Å². The molecule has 2 aromatic rings. The maximum atomic E-state index is 12.5. The molecular weight excluding hydrogens is 314 g/mol. The monoisotopic (exact) mass is 339 g/mol. The van der Waals surface area contributed by atoms with E-state index in [9.17, 15) is 9.59 Å². The first kappa shape index (κ1) is 18.7. The molecule has 0 aromatic heterocycles. The SMILES string of the molecule is CCCC[C@H](NC(=O)Cc1ccccc1-c1ccccc1)C(=O)OC. The van der Waals surface area contributed by atoms with Gasteiger partial charge < -0.3 is 10.1 Å². The zero-order valence-corrected chi connectivity index (χ0v) is 14.8. The van der Waals surface area contributed by atoms with E-state index in [4.69, 9.17) is 4.74 Å². The van der Waals surface area contributed by atoms with Gasteiger partial charge in [0, 0.05) is 0 Å². The molecule has 1 N–H and O–H groups in total. The Bertz CT molecular complexity index is 697. The predicted molar refractivity (Wildman–Crippen MR) is 99.1 cm³/mol. The maximum Gasteiger partial charge on any atom is 0.328 e. The molecule has 0 spiro atoms. The van der Waals surface area contributed by atoms with Crippen LogP contribution in [0.2, 0.25) is 0 Å². The molecule has 0 radical (unpaired) electrons. The third-order valence-electron chi connectivity index (χ3n) is 4.12. The van der Waals surface area contributed by atoms with Gasteiger partial charge in [0.25, 0.3) is 0 Å². The fourth-order valence-electron chi connectivity index (χ4n) is 2.79. The average molecular weight is 339 g/mol. The number of amides is 1. The molecule has 4 heteroatoms. The second-order valence-corrected chi connectivity index (χ2v) is 5.99. The van der Waals surface area contributed by atoms with Crippen LogP contribution in [0.25, 0.3) is 11.1 Å². The van der Waals surface area contributed by atoms with Crippen molar-refractivity contribution in [2.24, 2.45) is 0 Å². The summed E-state index contributed by atoms with van der Waals surface area (Å²) in [5.41, 5.74) is 3.04. The normalized spacial score (nSPS) is 11.6. The van der Waals surface area contributed by atoms with E-state index in [1.54, 1.807) is 0 Å². The molecule has 0 saturated carbocycles. The van der Waals surface area contributed by atoms with E-state index < -0.39 is 12.0 Å². The third-order valence-corrected chi connectivity index (χ3v) is 4.12. The van der Waals surface area contributed by atoms with Gasteiger partial charge in [-0.1, -0.05) is 74.4 Å². The number of esters is 1. The Labute approximate surface area is 149 Å². The molecule has 0 aliphatic carbocycles. The largest absolute Gasteiger partial charge is 0.467 e. The van der Waals surface area contributed by atoms with Gasteiger partial charge in [-0.2, -0.15) is 0 Å². The number of unbranched alkanes of at least 4 members (excludes halogenated alkanes) is 1. The van der Waals surface area contributed by atoms with Gasteiger partial charge in [-0.3, -0.25) is 4.79 Å². The van der Waals surface area contributed by atoms with Crippen molar-refractivity contribution >= 4 is 11.9 Å². The predicted octanol–water partition coefficient (Wildman–Crippen LogP) is 3.74. The Hall–Kier alpha value is -2.62. The number of hydrogen-bond donors (Lipinski definition) is 1. The van der Waals surface area contributed by atoms with Crippen LogP contribution in [0.5, 0.6) is 0 Å². The number of carbonyl (C=O) groups is 2. The molecule has 0 heterocycles. The van der Waals surface area contributed by atoms with E-state index in [1.807, 2.05) is 61.5 Å². The molecule has 132 valence electrons. The highest BCUT2D eigenvalue weighted by molar-refractivity contribution is 5.87. The second kappa shape index (κ2) is 9.62. The number of hydrogen-bond acceptors (Lipinski definition) is 3. The van der Waals surface area contributed by atoms with Gasteiger partial charge in [0.05, 0.1) is 13.5 Å². The van der Waals surface area contributed by atoms with Crippen LogP contribution in [-0.4, -0.2) is 25.0 Å². The van der Waals surface area contributed by atoms with Gasteiger partial charge in [0.1, 0.15) is 6.04 Å². The number of ether oxygens (including phenoxy) is 1. The molecule has 0 saturated heterocycles. The third kappa shape index (κ3) is 5.45. The number of benzene rings is 2. The molecule has 0 aliphatic rings. The summed E-state index contributed by atoms with van der Waals surface area (Å²) in [6.07, 6.45) is 2.64. The van der Waals surface area contributed by atoms with E-state index in [0.29, 0.717) is 6.42 Å². The molecule has 4 nitrogen and oxygen atoms in total. The standard InChI is InChI=1S/C21H25NO3/c1-3-4-14-19(21(24)25-2)22-20(23)15-17-12-8-9-13-18(17)16-10-6-5-7-11-16/h5-13,19H,3-4,14-15H2,1-2H3,(H,22,23)/t19-/m0/s1. The van der Waals surface area contributed by atoms with E-state index >= 15 is 0 Å². The van der Waals surface area contributed by atoms with Crippen molar-refractivity contribution in [3.8, 4) is 11.1 Å². The van der Waals surface area contributed by atoms with Crippen LogP contribution >= 0.6 is 0 Å². The molecule has 1 atom stereocenters. The van der Waals surface area contributed by atoms with E-state index in [-0.39, 0.29) is 12.3 Å². The lowest BCUT2D eigenvalue weighted by Crippen LogP contribution is -2.42. The fraction of sp³-hybridized carbons (Fsp3) is 0.333. The van der Waals surface area contributed by atoms with Crippen LogP contribution in [0, 0.1) is 0 Å². The Balaban J connectivity index is 2.11. The van der Waals surface area contributed by atoms with E-state index in [0.717, 1.165) is 29.5 Å². The van der Waals surface area contributed by atoms with Gasteiger partial charge in [-0.25, -0.2) is 4.79 Å². The lowest BCUT2D eigenvalue weighted by molar-refractivity contribution is -0.145. The molecule has 0 bridgehead atoms. The van der Waals surface area contributed by atoms with Crippen LogP contribution in [0.3, 0.4) is 0 Å². The smallest absolute Gasteiger partial charge is 0.328 e. The minimum Gasteiger partial charge on any atom is -0.467 e. The molecule has 2 aromatic carbocycles. The van der Waals surface area contributed by atoms with Crippen molar-refractivity contribution in [1.29, 1.82) is 0 Å². The van der Waals surface area contributed by atoms with Crippen LogP contribution in [0.15, 0.2) is 54.6 Å². The molecule has 0 unspecified atom stereocenters. The number of methoxy groups -OCH3 is 1. The average Bonchev–Trinajstić information content (AvgIpc) is 2.65. The van der Waals surface area contributed by atoms with Crippen molar-refractivity contribution < 1.29 is 14.3 Å². The zero-order valence-electron chi connectivity index (χ0n) is 14.8. The maximum absolute atomic E-state index is 12.5. The Morgan fingerprint density at radius 2 is 1.72 bits per heavy atom. The minimum absolute atomic E-state index is 0.171. The van der Waals surface area contributed by atoms with Gasteiger partial charge in [-0.05, 0) is 23.1 Å². The summed E-state index contributed by atoms with van der Waals surface area (Å²) in [6.45, 7) is 2.05. The topological polar surface area (TPSA) is 55.4 Å².